The molecule has 0 spiro atoms. The van der Waals surface area contributed by atoms with Crippen molar-refractivity contribution in [1.29, 1.82) is 0 Å². The highest BCUT2D eigenvalue weighted by Crippen LogP contribution is 2.31. The summed E-state index contributed by atoms with van der Waals surface area (Å²) in [5, 5.41) is 0. The molecule has 2 heteroatoms. The van der Waals surface area contributed by atoms with Crippen LogP contribution in [-0.2, 0) is 4.74 Å². The fraction of sp³-hybridized carbons (Fsp3) is 1.00. The number of ether oxygens (including phenoxy) is 1. The molecule has 0 aliphatic heterocycles. The number of halogens is 1. The molecule has 0 radical (unpaired) electrons. The monoisotopic (exact) mass is 220 g/mol. The third-order valence-electron chi connectivity index (χ3n) is 3.20. The van der Waals surface area contributed by atoms with Crippen molar-refractivity contribution in [3.63, 3.8) is 0 Å². The molecular weight excluding hydrogens is 196 g/mol. The molecule has 0 heterocycles. The van der Waals surface area contributed by atoms with E-state index in [1.807, 2.05) is 0 Å². The first-order valence-corrected chi connectivity index (χ1v) is 6.41. The van der Waals surface area contributed by atoms with Crippen LogP contribution in [0, 0.1) is 5.41 Å². The predicted octanol–water partition coefficient (Wildman–Crippen LogP) is 4.24. The van der Waals surface area contributed by atoms with Gasteiger partial charge < -0.3 is 4.74 Å². The Kier molecular flexibility index (Phi) is 8.70. The fourth-order valence-corrected chi connectivity index (χ4v) is 2.01. The van der Waals surface area contributed by atoms with E-state index >= 15 is 0 Å². The van der Waals surface area contributed by atoms with E-state index in [4.69, 9.17) is 16.3 Å². The Bertz CT molecular complexity index is 113. The third-order valence-corrected chi connectivity index (χ3v) is 3.77. The highest BCUT2D eigenvalue weighted by molar-refractivity contribution is 6.18. The third kappa shape index (κ3) is 5.21. The molecule has 0 aliphatic rings. The van der Waals surface area contributed by atoms with Gasteiger partial charge in [0.25, 0.3) is 0 Å². The van der Waals surface area contributed by atoms with Crippen LogP contribution in [-0.4, -0.2) is 19.1 Å². The molecule has 14 heavy (non-hydrogen) atoms. The first kappa shape index (κ1) is 14.2. The van der Waals surface area contributed by atoms with Crippen LogP contribution in [0.15, 0.2) is 0 Å². The molecule has 0 aromatic rings. The minimum Gasteiger partial charge on any atom is -0.381 e. The van der Waals surface area contributed by atoms with Crippen molar-refractivity contribution in [1.82, 2.24) is 0 Å². The largest absolute Gasteiger partial charge is 0.381 e. The second-order valence-corrected chi connectivity index (χ2v) is 4.32. The number of hydrogen-bond donors (Lipinski definition) is 0. The first-order chi connectivity index (χ1) is 6.74. The van der Waals surface area contributed by atoms with E-state index in [-0.39, 0.29) is 0 Å². The molecule has 0 fully saturated rings. The Hall–Kier alpha value is 0.250. The molecule has 0 saturated heterocycles. The van der Waals surface area contributed by atoms with E-state index in [0.717, 1.165) is 38.4 Å². The maximum absolute atomic E-state index is 6.01. The van der Waals surface area contributed by atoms with Crippen LogP contribution < -0.4 is 0 Å². The number of rotatable bonds is 9. The maximum Gasteiger partial charge on any atom is 0.0471 e. The van der Waals surface area contributed by atoms with E-state index in [2.05, 4.69) is 20.8 Å². The minimum atomic E-state index is 0.313. The van der Waals surface area contributed by atoms with E-state index < -0.39 is 0 Å². The molecule has 0 N–H and O–H groups in total. The van der Waals surface area contributed by atoms with Crippen LogP contribution in [0.25, 0.3) is 0 Å². The van der Waals surface area contributed by atoms with Gasteiger partial charge in [0, 0.05) is 19.1 Å². The molecular formula is C12H25ClO. The summed E-state index contributed by atoms with van der Waals surface area (Å²) in [5.41, 5.74) is 0.313. The highest BCUT2D eigenvalue weighted by Gasteiger charge is 2.24. The molecule has 0 aromatic carbocycles. The molecule has 0 unspecified atom stereocenters. The zero-order valence-electron chi connectivity index (χ0n) is 9.94. The van der Waals surface area contributed by atoms with E-state index in [1.54, 1.807) is 0 Å². The first-order valence-electron chi connectivity index (χ1n) is 5.88. The van der Waals surface area contributed by atoms with Gasteiger partial charge in [-0.15, -0.1) is 11.6 Å². The summed E-state index contributed by atoms with van der Waals surface area (Å²) in [5.74, 6) is 0.761. The Balaban J connectivity index is 3.61. The summed E-state index contributed by atoms with van der Waals surface area (Å²) in [7, 11) is 0. The SMILES string of the molecule is CCCCOCCC(CC)(CC)CCl. The Morgan fingerprint density at radius 2 is 1.71 bits per heavy atom. The molecule has 0 aliphatic carbocycles. The zero-order chi connectivity index (χ0) is 10.9. The summed E-state index contributed by atoms with van der Waals surface area (Å²) in [6.07, 6.45) is 5.80. The van der Waals surface area contributed by atoms with E-state index in [9.17, 15) is 0 Å². The van der Waals surface area contributed by atoms with Crippen molar-refractivity contribution in [3.8, 4) is 0 Å². The topological polar surface area (TPSA) is 9.23 Å². The average Bonchev–Trinajstić information content (AvgIpc) is 2.24. The summed E-state index contributed by atoms with van der Waals surface area (Å²) >= 11 is 6.01. The van der Waals surface area contributed by atoms with Gasteiger partial charge in [-0.2, -0.15) is 0 Å². The average molecular weight is 221 g/mol. The molecule has 0 aromatic heterocycles. The van der Waals surface area contributed by atoms with Crippen LogP contribution in [0.2, 0.25) is 0 Å². The summed E-state index contributed by atoms with van der Waals surface area (Å²) in [6.45, 7) is 8.40. The van der Waals surface area contributed by atoms with Crippen molar-refractivity contribution < 1.29 is 4.74 Å². The lowest BCUT2D eigenvalue weighted by molar-refractivity contribution is 0.0946. The Morgan fingerprint density at radius 3 is 2.14 bits per heavy atom. The Morgan fingerprint density at radius 1 is 1.07 bits per heavy atom. The van der Waals surface area contributed by atoms with Gasteiger partial charge in [0.05, 0.1) is 0 Å². The number of hydrogen-bond acceptors (Lipinski definition) is 1. The van der Waals surface area contributed by atoms with Crippen molar-refractivity contribution in [2.24, 2.45) is 5.41 Å². The van der Waals surface area contributed by atoms with Crippen LogP contribution in [0.4, 0.5) is 0 Å². The second-order valence-electron chi connectivity index (χ2n) is 4.06. The van der Waals surface area contributed by atoms with Gasteiger partial charge in [0.2, 0.25) is 0 Å². The normalized spacial score (nSPS) is 12.0. The van der Waals surface area contributed by atoms with Gasteiger partial charge in [-0.1, -0.05) is 27.2 Å². The van der Waals surface area contributed by atoms with Crippen molar-refractivity contribution in [2.75, 3.05) is 19.1 Å². The van der Waals surface area contributed by atoms with Crippen molar-refractivity contribution in [2.45, 2.75) is 52.9 Å². The van der Waals surface area contributed by atoms with E-state index in [0.29, 0.717) is 5.41 Å². The smallest absolute Gasteiger partial charge is 0.0471 e. The van der Waals surface area contributed by atoms with Crippen molar-refractivity contribution in [3.05, 3.63) is 0 Å². The van der Waals surface area contributed by atoms with Gasteiger partial charge in [-0.3, -0.25) is 0 Å². The summed E-state index contributed by atoms with van der Waals surface area (Å²) in [6, 6.07) is 0. The van der Waals surface area contributed by atoms with Gasteiger partial charge >= 0.3 is 0 Å². The van der Waals surface area contributed by atoms with Gasteiger partial charge in [0.1, 0.15) is 0 Å². The lowest BCUT2D eigenvalue weighted by Crippen LogP contribution is -2.23. The lowest BCUT2D eigenvalue weighted by atomic mass is 9.81. The van der Waals surface area contributed by atoms with Gasteiger partial charge in [-0.25, -0.2) is 0 Å². The summed E-state index contributed by atoms with van der Waals surface area (Å²) in [4.78, 5) is 0. The molecule has 86 valence electrons. The highest BCUT2D eigenvalue weighted by atomic mass is 35.5. The van der Waals surface area contributed by atoms with Crippen LogP contribution in [0.1, 0.15) is 52.9 Å². The van der Waals surface area contributed by atoms with E-state index in [1.165, 1.54) is 12.8 Å². The molecule has 0 bridgehead atoms. The molecule has 0 amide bonds. The molecule has 0 atom stereocenters. The van der Waals surface area contributed by atoms with Gasteiger partial charge in [0.15, 0.2) is 0 Å². The fourth-order valence-electron chi connectivity index (χ4n) is 1.50. The zero-order valence-corrected chi connectivity index (χ0v) is 10.7. The maximum atomic E-state index is 6.01. The van der Waals surface area contributed by atoms with Gasteiger partial charge in [-0.05, 0) is 31.1 Å². The summed E-state index contributed by atoms with van der Waals surface area (Å²) < 4.78 is 5.58. The van der Waals surface area contributed by atoms with Crippen LogP contribution in [0.5, 0.6) is 0 Å². The molecule has 0 rings (SSSR count). The minimum absolute atomic E-state index is 0.313. The molecule has 1 nitrogen and oxygen atoms in total. The predicted molar refractivity (Wildman–Crippen MR) is 64.1 cm³/mol. The molecule has 0 saturated carbocycles. The van der Waals surface area contributed by atoms with Crippen molar-refractivity contribution >= 4 is 11.6 Å². The lowest BCUT2D eigenvalue weighted by Gasteiger charge is -2.29. The van der Waals surface area contributed by atoms with Crippen LogP contribution >= 0.6 is 11.6 Å². The van der Waals surface area contributed by atoms with Crippen LogP contribution in [0.3, 0.4) is 0 Å². The standard InChI is InChI=1S/C12H25ClO/c1-4-7-9-14-10-8-12(5-2,6-3)11-13/h4-11H2,1-3H3. The number of alkyl halides is 1. The number of unbranched alkanes of at least 4 members (excludes halogenated alkanes) is 1. The quantitative estimate of drug-likeness (QED) is 0.417. The Labute approximate surface area is 94.2 Å². The second kappa shape index (κ2) is 8.55.